The predicted octanol–water partition coefficient (Wildman–Crippen LogP) is 1.15. The summed E-state index contributed by atoms with van der Waals surface area (Å²) in [7, 11) is 0. The standard InChI is InChI=1S/C12H12F2N2O3/c13-8-1-2-9(10(14)7-8)11(17)15-12(18)16-3-5-19-6-4-16/h1-2,7H,3-6H2,(H,15,17,18). The largest absolute Gasteiger partial charge is 0.378 e. The Labute approximate surface area is 108 Å². The number of rotatable bonds is 1. The van der Waals surface area contributed by atoms with Crippen molar-refractivity contribution in [2.45, 2.75) is 0 Å². The van der Waals surface area contributed by atoms with Crippen molar-refractivity contribution in [1.29, 1.82) is 0 Å². The van der Waals surface area contributed by atoms with Gasteiger partial charge in [0.15, 0.2) is 0 Å². The Balaban J connectivity index is 2.02. The molecular formula is C12H12F2N2O3. The molecule has 1 fully saturated rings. The second-order valence-electron chi connectivity index (χ2n) is 3.98. The van der Waals surface area contributed by atoms with Gasteiger partial charge in [-0.15, -0.1) is 0 Å². The molecular weight excluding hydrogens is 258 g/mol. The van der Waals surface area contributed by atoms with Gasteiger partial charge in [-0.2, -0.15) is 0 Å². The predicted molar refractivity (Wildman–Crippen MR) is 61.6 cm³/mol. The molecule has 5 nitrogen and oxygen atoms in total. The van der Waals surface area contributed by atoms with Crippen LogP contribution in [-0.2, 0) is 4.74 Å². The van der Waals surface area contributed by atoms with E-state index in [-0.39, 0.29) is 5.56 Å². The Bertz CT molecular complexity index is 502. The van der Waals surface area contributed by atoms with Gasteiger partial charge in [0.05, 0.1) is 18.8 Å². The molecule has 0 atom stereocenters. The zero-order valence-electron chi connectivity index (χ0n) is 9.99. The average molecular weight is 270 g/mol. The molecule has 1 heterocycles. The number of halogens is 2. The van der Waals surface area contributed by atoms with Crippen molar-refractivity contribution >= 4 is 11.9 Å². The number of urea groups is 1. The monoisotopic (exact) mass is 270 g/mol. The molecule has 1 aromatic rings. The molecule has 0 aliphatic carbocycles. The summed E-state index contributed by atoms with van der Waals surface area (Å²) in [6.45, 7) is 1.52. The zero-order chi connectivity index (χ0) is 13.8. The Morgan fingerprint density at radius 3 is 2.53 bits per heavy atom. The first kappa shape index (κ1) is 13.4. The van der Waals surface area contributed by atoms with Crippen molar-refractivity contribution in [1.82, 2.24) is 10.2 Å². The topological polar surface area (TPSA) is 58.6 Å². The zero-order valence-corrected chi connectivity index (χ0v) is 9.99. The maximum Gasteiger partial charge on any atom is 0.324 e. The first-order chi connectivity index (χ1) is 9.08. The number of imide groups is 1. The number of hydrogen-bond acceptors (Lipinski definition) is 3. The summed E-state index contributed by atoms with van der Waals surface area (Å²) in [6.07, 6.45) is 0. The molecule has 0 aromatic heterocycles. The van der Waals surface area contributed by atoms with Crippen LogP contribution in [0.25, 0.3) is 0 Å². The summed E-state index contributed by atoms with van der Waals surface area (Å²) in [5.41, 5.74) is -0.372. The Morgan fingerprint density at radius 2 is 1.89 bits per heavy atom. The van der Waals surface area contributed by atoms with Crippen LogP contribution in [0.15, 0.2) is 18.2 Å². The fraction of sp³-hybridized carbons (Fsp3) is 0.333. The van der Waals surface area contributed by atoms with Gasteiger partial charge in [-0.25, -0.2) is 13.6 Å². The third kappa shape index (κ3) is 3.25. The summed E-state index contributed by atoms with van der Waals surface area (Å²) in [6, 6.07) is 1.93. The van der Waals surface area contributed by atoms with E-state index in [4.69, 9.17) is 4.74 Å². The number of benzene rings is 1. The quantitative estimate of drug-likeness (QED) is 0.832. The van der Waals surface area contributed by atoms with Gasteiger partial charge in [0, 0.05) is 19.2 Å². The summed E-state index contributed by atoms with van der Waals surface area (Å²) >= 11 is 0. The number of ether oxygens (including phenoxy) is 1. The normalized spacial score (nSPS) is 15.2. The van der Waals surface area contributed by atoms with E-state index in [2.05, 4.69) is 5.32 Å². The van der Waals surface area contributed by atoms with Crippen LogP contribution < -0.4 is 5.32 Å². The number of hydrogen-bond donors (Lipinski definition) is 1. The van der Waals surface area contributed by atoms with Crippen LogP contribution in [0.2, 0.25) is 0 Å². The van der Waals surface area contributed by atoms with Crippen LogP contribution in [0.4, 0.5) is 13.6 Å². The molecule has 0 radical (unpaired) electrons. The van der Waals surface area contributed by atoms with Crippen molar-refractivity contribution in [2.24, 2.45) is 0 Å². The average Bonchev–Trinajstić information content (AvgIpc) is 2.39. The van der Waals surface area contributed by atoms with E-state index < -0.39 is 23.6 Å². The third-order valence-corrected chi connectivity index (χ3v) is 2.69. The lowest BCUT2D eigenvalue weighted by molar-refractivity contribution is 0.0523. The highest BCUT2D eigenvalue weighted by Gasteiger charge is 2.21. The number of amides is 3. The minimum absolute atomic E-state index is 0.366. The molecule has 0 unspecified atom stereocenters. The molecule has 1 aliphatic heterocycles. The Hall–Kier alpha value is -2.02. The van der Waals surface area contributed by atoms with E-state index in [1.54, 1.807) is 0 Å². The van der Waals surface area contributed by atoms with Gasteiger partial charge in [0.2, 0.25) is 0 Å². The van der Waals surface area contributed by atoms with E-state index in [9.17, 15) is 18.4 Å². The molecule has 102 valence electrons. The van der Waals surface area contributed by atoms with Crippen molar-refractivity contribution in [2.75, 3.05) is 26.3 Å². The second-order valence-corrected chi connectivity index (χ2v) is 3.98. The van der Waals surface area contributed by atoms with Crippen LogP contribution in [0.3, 0.4) is 0 Å². The highest BCUT2D eigenvalue weighted by Crippen LogP contribution is 2.09. The van der Waals surface area contributed by atoms with E-state index in [0.717, 1.165) is 12.1 Å². The SMILES string of the molecule is O=C(NC(=O)N1CCOCC1)c1ccc(F)cc1F. The molecule has 7 heteroatoms. The van der Waals surface area contributed by atoms with Gasteiger partial charge in [-0.3, -0.25) is 10.1 Å². The third-order valence-electron chi connectivity index (χ3n) is 2.69. The number of carbonyl (C=O) groups excluding carboxylic acids is 2. The van der Waals surface area contributed by atoms with Crippen molar-refractivity contribution in [3.63, 3.8) is 0 Å². The van der Waals surface area contributed by atoms with E-state index >= 15 is 0 Å². The summed E-state index contributed by atoms with van der Waals surface area (Å²) in [5.74, 6) is -2.69. The van der Waals surface area contributed by atoms with Crippen LogP contribution >= 0.6 is 0 Å². The number of carbonyl (C=O) groups is 2. The molecule has 1 N–H and O–H groups in total. The summed E-state index contributed by atoms with van der Waals surface area (Å²) in [5, 5.41) is 2.06. The maximum atomic E-state index is 13.3. The van der Waals surface area contributed by atoms with Crippen molar-refractivity contribution < 1.29 is 23.1 Å². The number of nitrogens with zero attached hydrogens (tertiary/aromatic N) is 1. The van der Waals surface area contributed by atoms with Crippen molar-refractivity contribution in [3.05, 3.63) is 35.4 Å². The number of nitrogens with one attached hydrogen (secondary N) is 1. The summed E-state index contributed by atoms with van der Waals surface area (Å²) < 4.78 is 31.1. The first-order valence-electron chi connectivity index (χ1n) is 5.71. The molecule has 1 aromatic carbocycles. The molecule has 0 bridgehead atoms. The minimum Gasteiger partial charge on any atom is -0.378 e. The lowest BCUT2D eigenvalue weighted by Crippen LogP contribution is -2.48. The molecule has 3 amide bonds. The highest BCUT2D eigenvalue weighted by atomic mass is 19.1. The van der Waals surface area contributed by atoms with Crippen LogP contribution in [0, 0.1) is 11.6 Å². The van der Waals surface area contributed by atoms with Crippen molar-refractivity contribution in [3.8, 4) is 0 Å². The van der Waals surface area contributed by atoms with Crippen LogP contribution in [0.5, 0.6) is 0 Å². The van der Waals surface area contributed by atoms with E-state index in [0.29, 0.717) is 32.4 Å². The Kier molecular flexibility index (Phi) is 4.06. The molecule has 1 saturated heterocycles. The van der Waals surface area contributed by atoms with Gasteiger partial charge in [-0.05, 0) is 12.1 Å². The summed E-state index contributed by atoms with van der Waals surface area (Å²) in [4.78, 5) is 24.8. The molecule has 2 rings (SSSR count). The van der Waals surface area contributed by atoms with Gasteiger partial charge in [0.1, 0.15) is 11.6 Å². The van der Waals surface area contributed by atoms with Gasteiger partial charge >= 0.3 is 6.03 Å². The minimum atomic E-state index is -1.01. The first-order valence-corrected chi connectivity index (χ1v) is 5.71. The fourth-order valence-electron chi connectivity index (χ4n) is 1.68. The molecule has 19 heavy (non-hydrogen) atoms. The van der Waals surface area contributed by atoms with Gasteiger partial charge in [0.25, 0.3) is 5.91 Å². The van der Waals surface area contributed by atoms with Gasteiger partial charge in [-0.1, -0.05) is 0 Å². The molecule has 0 spiro atoms. The Morgan fingerprint density at radius 1 is 1.21 bits per heavy atom. The lowest BCUT2D eigenvalue weighted by atomic mass is 10.2. The van der Waals surface area contributed by atoms with E-state index in [1.165, 1.54) is 4.90 Å². The second kappa shape index (κ2) is 5.75. The number of morpholine rings is 1. The highest BCUT2D eigenvalue weighted by molar-refractivity contribution is 6.04. The fourth-order valence-corrected chi connectivity index (χ4v) is 1.68. The van der Waals surface area contributed by atoms with Crippen LogP contribution in [0.1, 0.15) is 10.4 Å². The maximum absolute atomic E-state index is 13.3. The molecule has 1 aliphatic rings. The smallest absolute Gasteiger partial charge is 0.324 e. The van der Waals surface area contributed by atoms with Gasteiger partial charge < -0.3 is 9.64 Å². The van der Waals surface area contributed by atoms with Crippen LogP contribution in [-0.4, -0.2) is 43.1 Å². The lowest BCUT2D eigenvalue weighted by Gasteiger charge is -2.26. The van der Waals surface area contributed by atoms with E-state index in [1.807, 2.05) is 0 Å². The molecule has 0 saturated carbocycles.